The first-order valence-electron chi connectivity index (χ1n) is 8.41. The highest BCUT2D eigenvalue weighted by Crippen LogP contribution is 2.24. The molecule has 1 aromatic carbocycles. The number of pyridine rings is 1. The van der Waals surface area contributed by atoms with Gasteiger partial charge in [-0.25, -0.2) is 8.78 Å². The highest BCUT2D eigenvalue weighted by Gasteiger charge is 2.20. The lowest BCUT2D eigenvalue weighted by Crippen LogP contribution is -2.43. The van der Waals surface area contributed by atoms with Crippen LogP contribution in [0.15, 0.2) is 24.4 Å². The average molecular weight is 334 g/mol. The number of benzene rings is 1. The smallest absolute Gasteiger partial charge is 0.152 e. The van der Waals surface area contributed by atoms with Crippen molar-refractivity contribution in [2.24, 2.45) is 0 Å². The summed E-state index contributed by atoms with van der Waals surface area (Å²) in [5.74, 6) is -1.21. The molecule has 0 saturated carbocycles. The van der Waals surface area contributed by atoms with E-state index in [-0.39, 0.29) is 5.52 Å². The number of piperidine rings is 1. The first-order valence-corrected chi connectivity index (χ1v) is 8.41. The molecule has 0 unspecified atom stereocenters. The van der Waals surface area contributed by atoms with Crippen LogP contribution in [-0.4, -0.2) is 61.1 Å². The molecule has 0 atom stereocenters. The summed E-state index contributed by atoms with van der Waals surface area (Å²) in [6, 6.07) is 4.63. The van der Waals surface area contributed by atoms with Gasteiger partial charge in [0.25, 0.3) is 0 Å². The molecule has 24 heavy (non-hydrogen) atoms. The number of nitrogens with zero attached hydrogens (tertiary/aromatic N) is 3. The van der Waals surface area contributed by atoms with Crippen LogP contribution in [0.3, 0.4) is 0 Å². The second kappa shape index (κ2) is 7.40. The van der Waals surface area contributed by atoms with Gasteiger partial charge in [-0.2, -0.15) is 0 Å². The minimum Gasteiger partial charge on any atom is -0.383 e. The number of halogens is 2. The Kier molecular flexibility index (Phi) is 5.26. The number of nitrogens with one attached hydrogen (secondary N) is 1. The Balaban J connectivity index is 1.59. The molecule has 2 aromatic rings. The van der Waals surface area contributed by atoms with Crippen LogP contribution >= 0.6 is 0 Å². The topological polar surface area (TPSA) is 31.4 Å². The molecule has 0 radical (unpaired) electrons. The van der Waals surface area contributed by atoms with E-state index in [9.17, 15) is 8.78 Å². The van der Waals surface area contributed by atoms with Crippen molar-refractivity contribution < 1.29 is 8.78 Å². The molecular weight excluding hydrogens is 310 g/mol. The Morgan fingerprint density at radius 3 is 2.71 bits per heavy atom. The molecule has 1 saturated heterocycles. The van der Waals surface area contributed by atoms with Crippen LogP contribution in [-0.2, 0) is 0 Å². The minimum atomic E-state index is -0.626. The summed E-state index contributed by atoms with van der Waals surface area (Å²) in [5.41, 5.74) is 0.926. The van der Waals surface area contributed by atoms with Crippen LogP contribution < -0.4 is 5.32 Å². The van der Waals surface area contributed by atoms with E-state index in [1.54, 1.807) is 12.3 Å². The SMILES string of the molecule is CN(C)C1CCN(CCNc2ccnc3c(F)cc(F)cc23)CC1. The summed E-state index contributed by atoms with van der Waals surface area (Å²) in [6.07, 6.45) is 3.91. The van der Waals surface area contributed by atoms with Gasteiger partial charge >= 0.3 is 0 Å². The van der Waals surface area contributed by atoms with Crippen molar-refractivity contribution in [2.45, 2.75) is 18.9 Å². The molecule has 1 aliphatic rings. The van der Waals surface area contributed by atoms with Gasteiger partial charge in [0, 0.05) is 42.5 Å². The van der Waals surface area contributed by atoms with Gasteiger partial charge in [-0.1, -0.05) is 0 Å². The molecule has 1 fully saturated rings. The fourth-order valence-electron chi connectivity index (χ4n) is 3.34. The Hall–Kier alpha value is -1.79. The third-order valence-electron chi connectivity index (χ3n) is 4.79. The van der Waals surface area contributed by atoms with Gasteiger partial charge in [-0.05, 0) is 52.2 Å². The summed E-state index contributed by atoms with van der Waals surface area (Å²) in [7, 11) is 4.27. The third-order valence-corrected chi connectivity index (χ3v) is 4.79. The molecule has 2 heterocycles. The van der Waals surface area contributed by atoms with Crippen molar-refractivity contribution in [2.75, 3.05) is 45.6 Å². The Bertz CT molecular complexity index is 697. The minimum absolute atomic E-state index is 0.202. The van der Waals surface area contributed by atoms with Gasteiger partial charge in [0.1, 0.15) is 11.3 Å². The number of likely N-dealkylation sites (tertiary alicyclic amines) is 1. The lowest BCUT2D eigenvalue weighted by Gasteiger charge is -2.35. The molecule has 0 aliphatic carbocycles. The van der Waals surface area contributed by atoms with E-state index in [1.165, 1.54) is 18.9 Å². The fourth-order valence-corrected chi connectivity index (χ4v) is 3.34. The van der Waals surface area contributed by atoms with Crippen LogP contribution in [0.1, 0.15) is 12.8 Å². The van der Waals surface area contributed by atoms with E-state index >= 15 is 0 Å². The molecule has 1 aromatic heterocycles. The number of hydrogen-bond donors (Lipinski definition) is 1. The van der Waals surface area contributed by atoms with E-state index in [4.69, 9.17) is 0 Å². The van der Waals surface area contributed by atoms with Crippen molar-refractivity contribution in [3.63, 3.8) is 0 Å². The number of hydrogen-bond acceptors (Lipinski definition) is 4. The summed E-state index contributed by atoms with van der Waals surface area (Å²) in [4.78, 5) is 8.73. The van der Waals surface area contributed by atoms with Gasteiger partial charge in [0.05, 0.1) is 0 Å². The maximum atomic E-state index is 13.8. The maximum absolute atomic E-state index is 13.8. The molecule has 1 N–H and O–H groups in total. The quantitative estimate of drug-likeness (QED) is 0.911. The highest BCUT2D eigenvalue weighted by molar-refractivity contribution is 5.91. The van der Waals surface area contributed by atoms with Crippen LogP contribution in [0.25, 0.3) is 10.9 Å². The van der Waals surface area contributed by atoms with Crippen molar-refractivity contribution in [1.29, 1.82) is 0 Å². The zero-order valence-electron chi connectivity index (χ0n) is 14.2. The zero-order valence-corrected chi connectivity index (χ0v) is 14.2. The number of rotatable bonds is 5. The van der Waals surface area contributed by atoms with E-state index in [2.05, 4.69) is 34.2 Å². The maximum Gasteiger partial charge on any atom is 0.152 e. The van der Waals surface area contributed by atoms with Crippen LogP contribution in [0.4, 0.5) is 14.5 Å². The van der Waals surface area contributed by atoms with E-state index < -0.39 is 11.6 Å². The summed E-state index contributed by atoms with van der Waals surface area (Å²) in [6.45, 7) is 3.83. The van der Waals surface area contributed by atoms with Gasteiger partial charge in [-0.3, -0.25) is 4.98 Å². The fraction of sp³-hybridized carbons (Fsp3) is 0.500. The summed E-state index contributed by atoms with van der Waals surface area (Å²) < 4.78 is 27.3. The predicted molar refractivity (Wildman–Crippen MR) is 93.3 cm³/mol. The van der Waals surface area contributed by atoms with Crippen molar-refractivity contribution in [3.05, 3.63) is 36.0 Å². The number of anilines is 1. The molecule has 130 valence electrons. The second-order valence-corrected chi connectivity index (χ2v) is 6.61. The van der Waals surface area contributed by atoms with Crippen molar-refractivity contribution in [3.8, 4) is 0 Å². The standard InChI is InChI=1S/C18H24F2N4/c1-23(2)14-4-8-24(9-5-14)10-7-21-17-3-6-22-18-15(17)11-13(19)12-16(18)20/h3,6,11-12,14H,4-5,7-10H2,1-2H3,(H,21,22). The number of aromatic nitrogens is 1. The second-order valence-electron chi connectivity index (χ2n) is 6.61. The van der Waals surface area contributed by atoms with Gasteiger partial charge in [0.15, 0.2) is 5.82 Å². The largest absolute Gasteiger partial charge is 0.383 e. The lowest BCUT2D eigenvalue weighted by atomic mass is 10.0. The average Bonchev–Trinajstić information content (AvgIpc) is 2.56. The monoisotopic (exact) mass is 334 g/mol. The molecule has 6 heteroatoms. The summed E-state index contributed by atoms with van der Waals surface area (Å²) in [5, 5.41) is 3.79. The predicted octanol–water partition coefficient (Wildman–Crippen LogP) is 2.95. The normalized spacial score (nSPS) is 16.9. The molecule has 1 aliphatic heterocycles. The van der Waals surface area contributed by atoms with E-state index in [0.717, 1.165) is 37.9 Å². The summed E-state index contributed by atoms with van der Waals surface area (Å²) >= 11 is 0. The van der Waals surface area contributed by atoms with E-state index in [0.29, 0.717) is 11.4 Å². The van der Waals surface area contributed by atoms with E-state index in [1.807, 2.05) is 0 Å². The zero-order chi connectivity index (χ0) is 17.1. The molecule has 0 amide bonds. The van der Waals surface area contributed by atoms with Gasteiger partial charge in [-0.15, -0.1) is 0 Å². The molecular formula is C18H24F2N4. The first kappa shape index (κ1) is 17.0. The van der Waals surface area contributed by atoms with Crippen LogP contribution in [0.5, 0.6) is 0 Å². The Morgan fingerprint density at radius 1 is 1.25 bits per heavy atom. The lowest BCUT2D eigenvalue weighted by molar-refractivity contribution is 0.148. The molecule has 0 bridgehead atoms. The molecule has 0 spiro atoms. The molecule has 3 rings (SSSR count). The first-order chi connectivity index (χ1) is 11.5. The highest BCUT2D eigenvalue weighted by atomic mass is 19.1. The Morgan fingerprint density at radius 2 is 2.00 bits per heavy atom. The van der Waals surface area contributed by atoms with Crippen molar-refractivity contribution in [1.82, 2.24) is 14.8 Å². The molecule has 4 nitrogen and oxygen atoms in total. The van der Waals surface area contributed by atoms with Crippen molar-refractivity contribution >= 4 is 16.6 Å². The Labute approximate surface area is 141 Å². The number of fused-ring (bicyclic) bond motifs is 1. The van der Waals surface area contributed by atoms with Crippen LogP contribution in [0.2, 0.25) is 0 Å². The van der Waals surface area contributed by atoms with Gasteiger partial charge < -0.3 is 15.1 Å². The van der Waals surface area contributed by atoms with Gasteiger partial charge in [0.2, 0.25) is 0 Å². The third kappa shape index (κ3) is 3.82. The van der Waals surface area contributed by atoms with Crippen LogP contribution in [0, 0.1) is 11.6 Å².